The summed E-state index contributed by atoms with van der Waals surface area (Å²) in [6.45, 7) is 0. The molecule has 2 aliphatic carbocycles. The molecule has 0 bridgehead atoms. The minimum Gasteiger partial charge on any atom is -0.276 e. The summed E-state index contributed by atoms with van der Waals surface area (Å²) in [5.41, 5.74) is 1.67. The summed E-state index contributed by atoms with van der Waals surface area (Å²) in [5, 5.41) is 9.37. The van der Waals surface area contributed by atoms with E-state index in [1.54, 1.807) is 18.2 Å². The van der Waals surface area contributed by atoms with Gasteiger partial charge in [-0.1, -0.05) is 36.4 Å². The molecule has 0 spiro atoms. The lowest BCUT2D eigenvalue weighted by Crippen LogP contribution is -2.02. The average molecular weight is 189 g/mol. The molecule has 0 fully saturated rings. The Kier molecular flexibility index (Phi) is 2.02. The van der Waals surface area contributed by atoms with Crippen molar-refractivity contribution in [3.8, 4) is 16.9 Å². The molecule has 0 saturated carbocycles. The Morgan fingerprint density at radius 2 is 1.86 bits per heavy atom. The van der Waals surface area contributed by atoms with Crippen LogP contribution in [-0.2, 0) is 0 Å². The third kappa shape index (κ3) is 1.50. The van der Waals surface area contributed by atoms with Crippen molar-refractivity contribution in [2.45, 2.75) is 0 Å². The normalized spacial score (nSPS) is 10.0. The first-order valence-corrected chi connectivity index (χ1v) is 4.07. The standard InChI is InChI=1S/C10H7NO3/c12-11(13)14-10-7-6-8-4-2-1-3-5-9(8)10/h1-7H. The number of rotatable bonds is 2. The molecule has 0 aromatic heterocycles. The SMILES string of the molecule is O=[N+]([O-])Oc1ccc2cccccc1-2. The van der Waals surface area contributed by atoms with Crippen molar-refractivity contribution in [1.82, 2.24) is 0 Å². The van der Waals surface area contributed by atoms with Crippen LogP contribution in [0.25, 0.3) is 11.1 Å². The molecule has 0 N–H and O–H groups in total. The van der Waals surface area contributed by atoms with Crippen LogP contribution in [0.3, 0.4) is 0 Å². The highest BCUT2D eigenvalue weighted by Gasteiger charge is 2.10. The summed E-state index contributed by atoms with van der Waals surface area (Å²) in [4.78, 5) is 14.6. The zero-order valence-electron chi connectivity index (χ0n) is 7.21. The topological polar surface area (TPSA) is 52.4 Å². The van der Waals surface area contributed by atoms with Gasteiger partial charge in [0.25, 0.3) is 5.09 Å². The molecule has 4 heteroatoms. The van der Waals surface area contributed by atoms with Crippen molar-refractivity contribution in [2.24, 2.45) is 0 Å². The lowest BCUT2D eigenvalue weighted by Gasteiger charge is -1.97. The Morgan fingerprint density at radius 1 is 1.07 bits per heavy atom. The van der Waals surface area contributed by atoms with Crippen LogP contribution in [0.4, 0.5) is 0 Å². The summed E-state index contributed by atoms with van der Waals surface area (Å²) in [5.74, 6) is 0.279. The van der Waals surface area contributed by atoms with Gasteiger partial charge in [0.1, 0.15) is 5.75 Å². The second-order valence-electron chi connectivity index (χ2n) is 2.79. The first-order chi connectivity index (χ1) is 6.77. The van der Waals surface area contributed by atoms with Gasteiger partial charge in [0, 0.05) is 5.56 Å². The van der Waals surface area contributed by atoms with Crippen LogP contribution in [-0.4, -0.2) is 5.09 Å². The second-order valence-corrected chi connectivity index (χ2v) is 2.79. The molecule has 0 heterocycles. The van der Waals surface area contributed by atoms with Crippen LogP contribution in [0.2, 0.25) is 0 Å². The fourth-order valence-corrected chi connectivity index (χ4v) is 1.35. The molecule has 0 aromatic carbocycles. The average Bonchev–Trinajstić information content (AvgIpc) is 2.37. The van der Waals surface area contributed by atoms with Crippen LogP contribution in [0.15, 0.2) is 42.5 Å². The van der Waals surface area contributed by atoms with Gasteiger partial charge in [0.05, 0.1) is 0 Å². The number of hydrogen-bond acceptors (Lipinski definition) is 3. The van der Waals surface area contributed by atoms with E-state index < -0.39 is 5.09 Å². The van der Waals surface area contributed by atoms with Gasteiger partial charge < -0.3 is 0 Å². The van der Waals surface area contributed by atoms with Crippen LogP contribution in [0.1, 0.15) is 0 Å². The highest BCUT2D eigenvalue weighted by molar-refractivity contribution is 5.73. The lowest BCUT2D eigenvalue weighted by atomic mass is 10.2. The van der Waals surface area contributed by atoms with Crippen molar-refractivity contribution in [2.75, 3.05) is 0 Å². The largest absolute Gasteiger partial charge is 0.299 e. The van der Waals surface area contributed by atoms with E-state index >= 15 is 0 Å². The second kappa shape index (κ2) is 3.33. The predicted octanol–water partition coefficient (Wildman–Crippen LogP) is 2.36. The Hall–Kier alpha value is -2.10. The van der Waals surface area contributed by atoms with Crippen molar-refractivity contribution < 1.29 is 9.92 Å². The molecule has 0 atom stereocenters. The molecule has 0 unspecified atom stereocenters. The first kappa shape index (κ1) is 8.50. The molecule has 0 aromatic rings. The van der Waals surface area contributed by atoms with Gasteiger partial charge in [-0.15, -0.1) is 10.1 Å². The Bertz CT molecular complexity index is 441. The Balaban J connectivity index is 2.47. The smallest absolute Gasteiger partial charge is 0.276 e. The van der Waals surface area contributed by atoms with Gasteiger partial charge in [0.15, 0.2) is 0 Å². The molecule has 2 aliphatic rings. The molecular formula is C10H7NO3. The summed E-state index contributed by atoms with van der Waals surface area (Å²) in [6, 6.07) is 12.6. The van der Waals surface area contributed by atoms with E-state index in [0.717, 1.165) is 11.1 Å². The third-order valence-corrected chi connectivity index (χ3v) is 1.92. The van der Waals surface area contributed by atoms with E-state index in [4.69, 9.17) is 0 Å². The fraction of sp³-hybridized carbons (Fsp3) is 0. The molecule has 0 radical (unpaired) electrons. The van der Waals surface area contributed by atoms with Gasteiger partial charge in [-0.3, -0.25) is 4.84 Å². The molecule has 14 heavy (non-hydrogen) atoms. The molecular weight excluding hydrogens is 182 g/mol. The van der Waals surface area contributed by atoms with Crippen molar-refractivity contribution in [1.29, 1.82) is 0 Å². The Labute approximate surface area is 80.2 Å². The van der Waals surface area contributed by atoms with Gasteiger partial charge in [-0.25, -0.2) is 0 Å². The monoisotopic (exact) mass is 189 g/mol. The summed E-state index contributed by atoms with van der Waals surface area (Å²) < 4.78 is 0. The lowest BCUT2D eigenvalue weighted by molar-refractivity contribution is -0.710. The van der Waals surface area contributed by atoms with Crippen molar-refractivity contribution >= 4 is 0 Å². The maximum Gasteiger partial charge on any atom is 0.299 e. The van der Waals surface area contributed by atoms with Gasteiger partial charge in [0.2, 0.25) is 0 Å². The van der Waals surface area contributed by atoms with Gasteiger partial charge in [-0.05, 0) is 11.6 Å². The number of fused-ring (bicyclic) bond motifs is 1. The van der Waals surface area contributed by atoms with Crippen molar-refractivity contribution in [3.05, 3.63) is 52.6 Å². The highest BCUT2D eigenvalue weighted by Crippen LogP contribution is 2.32. The van der Waals surface area contributed by atoms with E-state index in [1.165, 1.54) is 0 Å². The fourth-order valence-electron chi connectivity index (χ4n) is 1.35. The van der Waals surface area contributed by atoms with E-state index in [1.807, 2.05) is 24.3 Å². The van der Waals surface area contributed by atoms with E-state index in [-0.39, 0.29) is 5.75 Å². The molecule has 70 valence electrons. The summed E-state index contributed by atoms with van der Waals surface area (Å²) in [7, 11) is 0. The van der Waals surface area contributed by atoms with E-state index in [2.05, 4.69) is 4.84 Å². The van der Waals surface area contributed by atoms with E-state index in [9.17, 15) is 10.1 Å². The van der Waals surface area contributed by atoms with Crippen LogP contribution >= 0.6 is 0 Å². The highest BCUT2D eigenvalue weighted by atomic mass is 17.0. The first-order valence-electron chi connectivity index (χ1n) is 4.07. The third-order valence-electron chi connectivity index (χ3n) is 1.92. The molecule has 0 saturated heterocycles. The minimum atomic E-state index is -0.804. The molecule has 4 nitrogen and oxygen atoms in total. The Morgan fingerprint density at radius 3 is 2.64 bits per heavy atom. The summed E-state index contributed by atoms with van der Waals surface area (Å²) in [6.07, 6.45) is 0. The minimum absolute atomic E-state index is 0.279. The zero-order chi connectivity index (χ0) is 9.97. The van der Waals surface area contributed by atoms with Gasteiger partial charge in [-0.2, -0.15) is 0 Å². The maximum atomic E-state index is 10.2. The van der Waals surface area contributed by atoms with Crippen molar-refractivity contribution in [3.63, 3.8) is 0 Å². The number of nitrogens with zero attached hydrogens (tertiary/aromatic N) is 1. The van der Waals surface area contributed by atoms with Crippen LogP contribution < -0.4 is 4.84 Å². The maximum absolute atomic E-state index is 10.2. The molecule has 0 aliphatic heterocycles. The zero-order valence-corrected chi connectivity index (χ0v) is 7.21. The predicted molar refractivity (Wildman–Crippen MR) is 50.7 cm³/mol. The summed E-state index contributed by atoms with van der Waals surface area (Å²) >= 11 is 0. The van der Waals surface area contributed by atoms with Crippen LogP contribution in [0, 0.1) is 10.1 Å². The molecule has 0 amide bonds. The molecule has 2 rings (SSSR count). The van der Waals surface area contributed by atoms with Crippen LogP contribution in [0.5, 0.6) is 5.75 Å². The number of hydrogen-bond donors (Lipinski definition) is 0. The van der Waals surface area contributed by atoms with E-state index in [0.29, 0.717) is 0 Å². The van der Waals surface area contributed by atoms with Gasteiger partial charge >= 0.3 is 0 Å². The quantitative estimate of drug-likeness (QED) is 0.538.